The third-order valence-electron chi connectivity index (χ3n) is 5.75. The Labute approximate surface area is 217 Å². The zero-order valence-electron chi connectivity index (χ0n) is 21.4. The molecule has 5 nitrogen and oxygen atoms in total. The number of rotatable bonds is 7. The molecule has 9 heteroatoms. The number of aromatic nitrogens is 2. The van der Waals surface area contributed by atoms with Crippen molar-refractivity contribution in [2.45, 2.75) is 59.4 Å². The van der Waals surface area contributed by atoms with Crippen LogP contribution < -0.4 is 0 Å². The maximum atomic E-state index is 13.2. The van der Waals surface area contributed by atoms with Gasteiger partial charge >= 0.3 is 12.1 Å². The van der Waals surface area contributed by atoms with Crippen LogP contribution in [0.2, 0.25) is 0 Å². The van der Waals surface area contributed by atoms with E-state index in [-0.39, 0.29) is 13.2 Å². The van der Waals surface area contributed by atoms with Crippen molar-refractivity contribution >= 4 is 27.4 Å². The maximum absolute atomic E-state index is 13.2. The number of thiophene rings is 1. The molecular formula is C28H29F3N2O3S. The van der Waals surface area contributed by atoms with Gasteiger partial charge in [0.1, 0.15) is 11.3 Å². The molecule has 0 aliphatic rings. The van der Waals surface area contributed by atoms with Gasteiger partial charge in [-0.15, -0.1) is 11.3 Å². The van der Waals surface area contributed by atoms with Crippen LogP contribution in [0.1, 0.15) is 65.4 Å². The van der Waals surface area contributed by atoms with Gasteiger partial charge < -0.3 is 9.47 Å². The third kappa shape index (κ3) is 6.05. The van der Waals surface area contributed by atoms with Gasteiger partial charge in [-0.25, -0.2) is 9.48 Å². The zero-order valence-corrected chi connectivity index (χ0v) is 22.2. The molecule has 2 heterocycles. The molecule has 0 atom stereocenters. The van der Waals surface area contributed by atoms with Crippen LogP contribution >= 0.6 is 11.3 Å². The fourth-order valence-electron chi connectivity index (χ4n) is 4.06. The van der Waals surface area contributed by atoms with E-state index in [1.807, 2.05) is 52.0 Å². The first kappa shape index (κ1) is 26.9. The lowest BCUT2D eigenvalue weighted by Crippen LogP contribution is -2.20. The predicted octanol–water partition coefficient (Wildman–Crippen LogP) is 7.50. The molecular weight excluding hydrogens is 501 g/mol. The van der Waals surface area contributed by atoms with Gasteiger partial charge in [-0.3, -0.25) is 0 Å². The number of esters is 1. The summed E-state index contributed by atoms with van der Waals surface area (Å²) < 4.78 is 53.4. The average molecular weight is 531 g/mol. The summed E-state index contributed by atoms with van der Waals surface area (Å²) in [4.78, 5) is 13.7. The van der Waals surface area contributed by atoms with Crippen LogP contribution in [0, 0.1) is 6.92 Å². The van der Waals surface area contributed by atoms with Crippen molar-refractivity contribution < 1.29 is 27.4 Å². The number of ether oxygens (including phenoxy) is 2. The van der Waals surface area contributed by atoms with Crippen LogP contribution in [-0.4, -0.2) is 28.0 Å². The second-order valence-electron chi connectivity index (χ2n) is 9.72. The molecule has 0 spiro atoms. The molecule has 2 aromatic heterocycles. The van der Waals surface area contributed by atoms with Crippen LogP contribution in [0.5, 0.6) is 0 Å². The van der Waals surface area contributed by atoms with Gasteiger partial charge in [0.25, 0.3) is 0 Å². The van der Waals surface area contributed by atoms with Gasteiger partial charge in [-0.1, -0.05) is 30.3 Å². The SMILES string of the molecule is CCOC(=O)c1c(COC(C)(C)C)nn(-c2cccc3cc(Cc4cccc(C(F)(F)F)c4)sc23)c1C. The molecule has 0 aliphatic heterocycles. The number of nitrogens with zero attached hydrogens (tertiary/aromatic N) is 2. The molecule has 0 amide bonds. The van der Waals surface area contributed by atoms with Crippen molar-refractivity contribution in [3.63, 3.8) is 0 Å². The van der Waals surface area contributed by atoms with Crippen molar-refractivity contribution in [2.75, 3.05) is 6.61 Å². The standard InChI is InChI=1S/C28H29F3N2O3S/c1-6-35-26(34)24-17(2)33(32-22(24)16-36-27(3,4)5)23-12-8-10-19-15-21(37-25(19)23)14-18-9-7-11-20(13-18)28(29,30)31/h7-13,15H,6,14,16H2,1-5H3. The Morgan fingerprint density at radius 2 is 1.81 bits per heavy atom. The van der Waals surface area contributed by atoms with E-state index in [4.69, 9.17) is 14.6 Å². The van der Waals surface area contributed by atoms with E-state index in [1.54, 1.807) is 17.7 Å². The van der Waals surface area contributed by atoms with E-state index >= 15 is 0 Å². The molecule has 4 aromatic rings. The summed E-state index contributed by atoms with van der Waals surface area (Å²) in [6, 6.07) is 13.2. The van der Waals surface area contributed by atoms with E-state index in [0.29, 0.717) is 28.9 Å². The van der Waals surface area contributed by atoms with Crippen LogP contribution in [0.3, 0.4) is 0 Å². The summed E-state index contributed by atoms with van der Waals surface area (Å²) in [6.45, 7) is 9.74. The number of carbonyl (C=O) groups is 1. The Hall–Kier alpha value is -3.17. The summed E-state index contributed by atoms with van der Waals surface area (Å²) in [6.07, 6.45) is -4.01. The Kier molecular flexibility index (Phi) is 7.48. The largest absolute Gasteiger partial charge is 0.462 e. The van der Waals surface area contributed by atoms with Gasteiger partial charge in [0.15, 0.2) is 0 Å². The number of hydrogen-bond donors (Lipinski definition) is 0. The van der Waals surface area contributed by atoms with Crippen LogP contribution in [0.15, 0.2) is 48.5 Å². The lowest BCUT2D eigenvalue weighted by Gasteiger charge is -2.18. The van der Waals surface area contributed by atoms with Gasteiger partial charge in [0.2, 0.25) is 0 Å². The molecule has 0 saturated carbocycles. The molecule has 2 aromatic carbocycles. The van der Waals surface area contributed by atoms with Crippen molar-refractivity contribution in [3.8, 4) is 5.69 Å². The number of fused-ring (bicyclic) bond motifs is 1. The molecule has 4 rings (SSSR count). The van der Waals surface area contributed by atoms with Crippen molar-refractivity contribution in [2.24, 2.45) is 0 Å². The smallest absolute Gasteiger partial charge is 0.416 e. The molecule has 0 unspecified atom stereocenters. The Morgan fingerprint density at radius 3 is 2.49 bits per heavy atom. The minimum absolute atomic E-state index is 0.146. The molecule has 0 radical (unpaired) electrons. The van der Waals surface area contributed by atoms with E-state index < -0.39 is 23.3 Å². The summed E-state index contributed by atoms with van der Waals surface area (Å²) in [5.41, 5.74) is 1.79. The van der Waals surface area contributed by atoms with Crippen molar-refractivity contribution in [1.29, 1.82) is 0 Å². The second kappa shape index (κ2) is 10.3. The molecule has 0 saturated heterocycles. The first-order valence-corrected chi connectivity index (χ1v) is 12.8. The van der Waals surface area contributed by atoms with Gasteiger partial charge in [0.05, 0.1) is 40.5 Å². The minimum Gasteiger partial charge on any atom is -0.462 e. The van der Waals surface area contributed by atoms with Crippen LogP contribution in [-0.2, 0) is 28.7 Å². The number of alkyl halides is 3. The van der Waals surface area contributed by atoms with E-state index in [9.17, 15) is 18.0 Å². The summed E-state index contributed by atoms with van der Waals surface area (Å²) >= 11 is 1.50. The highest BCUT2D eigenvalue weighted by Crippen LogP contribution is 2.35. The number of halogens is 3. The fraction of sp³-hybridized carbons (Fsp3) is 0.357. The van der Waals surface area contributed by atoms with Crippen molar-refractivity contribution in [1.82, 2.24) is 9.78 Å². The van der Waals surface area contributed by atoms with E-state index in [1.165, 1.54) is 23.5 Å². The third-order valence-corrected chi connectivity index (χ3v) is 6.92. The topological polar surface area (TPSA) is 53.4 Å². The first-order chi connectivity index (χ1) is 17.4. The Balaban J connectivity index is 1.74. The zero-order chi connectivity index (χ0) is 27.0. The van der Waals surface area contributed by atoms with Gasteiger partial charge in [0, 0.05) is 11.3 Å². The molecule has 0 bridgehead atoms. The van der Waals surface area contributed by atoms with E-state index in [2.05, 4.69) is 0 Å². The van der Waals surface area contributed by atoms with E-state index in [0.717, 1.165) is 26.7 Å². The van der Waals surface area contributed by atoms with Gasteiger partial charge in [-0.05, 0) is 63.8 Å². The Morgan fingerprint density at radius 1 is 1.08 bits per heavy atom. The summed E-state index contributed by atoms with van der Waals surface area (Å²) in [5, 5.41) is 5.69. The Bertz CT molecular complexity index is 1430. The normalized spacial score (nSPS) is 12.3. The quantitative estimate of drug-likeness (QED) is 0.232. The summed E-state index contributed by atoms with van der Waals surface area (Å²) in [5.74, 6) is -0.456. The molecule has 196 valence electrons. The molecule has 0 fully saturated rings. The average Bonchev–Trinajstić information content (AvgIpc) is 3.37. The number of hydrogen-bond acceptors (Lipinski definition) is 5. The monoisotopic (exact) mass is 530 g/mol. The molecule has 37 heavy (non-hydrogen) atoms. The minimum atomic E-state index is -4.38. The molecule has 0 N–H and O–H groups in total. The highest BCUT2D eigenvalue weighted by molar-refractivity contribution is 7.19. The van der Waals surface area contributed by atoms with Crippen molar-refractivity contribution in [3.05, 3.63) is 81.5 Å². The highest BCUT2D eigenvalue weighted by atomic mass is 32.1. The van der Waals surface area contributed by atoms with Crippen LogP contribution in [0.25, 0.3) is 15.8 Å². The first-order valence-electron chi connectivity index (χ1n) is 11.9. The van der Waals surface area contributed by atoms with Crippen LogP contribution in [0.4, 0.5) is 13.2 Å². The molecule has 0 aliphatic carbocycles. The summed E-state index contributed by atoms with van der Waals surface area (Å²) in [7, 11) is 0. The second-order valence-corrected chi connectivity index (χ2v) is 10.9. The lowest BCUT2D eigenvalue weighted by atomic mass is 10.1. The number of benzene rings is 2. The maximum Gasteiger partial charge on any atom is 0.416 e. The predicted molar refractivity (Wildman–Crippen MR) is 138 cm³/mol. The highest BCUT2D eigenvalue weighted by Gasteiger charge is 2.30. The fourth-order valence-corrected chi connectivity index (χ4v) is 5.25. The number of carbonyl (C=O) groups excluding carboxylic acids is 1. The van der Waals surface area contributed by atoms with Gasteiger partial charge in [-0.2, -0.15) is 18.3 Å². The lowest BCUT2D eigenvalue weighted by molar-refractivity contribution is -0.137.